The molecule has 1 aliphatic rings. The van der Waals surface area contributed by atoms with Gasteiger partial charge in [-0.15, -0.1) is 0 Å². The van der Waals surface area contributed by atoms with Gasteiger partial charge in [-0.25, -0.2) is 0 Å². The summed E-state index contributed by atoms with van der Waals surface area (Å²) in [4.78, 5) is 1.89. The Bertz CT molecular complexity index is 91.0. The van der Waals surface area contributed by atoms with Gasteiger partial charge >= 0.3 is 0 Å². The van der Waals surface area contributed by atoms with Crippen molar-refractivity contribution in [2.75, 3.05) is 32.9 Å². The van der Waals surface area contributed by atoms with Crippen LogP contribution in [0.5, 0.6) is 0 Å². The average molecular weight is 117 g/mol. The minimum Gasteiger partial charge on any atom is -0.395 e. The van der Waals surface area contributed by atoms with Crippen LogP contribution < -0.4 is 5.32 Å². The first-order chi connectivity index (χ1) is 4.34. The molecule has 0 aromatic heterocycles. The fourth-order valence-electron chi connectivity index (χ4n) is 0.771. The average Bonchev–Trinajstić information content (AvgIpc) is 2.18. The zero-order chi connectivity index (χ0) is 6.69. The van der Waals surface area contributed by atoms with Crippen molar-refractivity contribution in [2.24, 2.45) is 0 Å². The van der Waals surface area contributed by atoms with E-state index < -0.39 is 0 Å². The van der Waals surface area contributed by atoms with Crippen LogP contribution in [0.1, 0.15) is 1.37 Å². The van der Waals surface area contributed by atoms with Gasteiger partial charge in [0.05, 0.1) is 7.98 Å². The van der Waals surface area contributed by atoms with E-state index in [9.17, 15) is 0 Å². The van der Waals surface area contributed by atoms with Crippen LogP contribution in [-0.4, -0.2) is 42.9 Å². The fraction of sp³-hybridized carbons (Fsp3) is 1.00. The molecule has 0 aromatic rings. The number of aliphatic hydroxyl groups excluding tert-OH is 1. The highest BCUT2D eigenvalue weighted by Crippen LogP contribution is 1.88. The van der Waals surface area contributed by atoms with E-state index >= 15 is 0 Å². The van der Waals surface area contributed by atoms with E-state index in [0.29, 0.717) is 6.54 Å². The molecular weight excluding hydrogens is 104 g/mol. The molecule has 2 N–H and O–H groups in total. The Kier molecular flexibility index (Phi) is 1.78. The Labute approximate surface area is 50.7 Å². The predicted octanol–water partition coefficient (Wildman–Crippen LogP) is -1.16. The van der Waals surface area contributed by atoms with Gasteiger partial charge in [-0.05, 0) is 0 Å². The molecule has 1 saturated heterocycles. The van der Waals surface area contributed by atoms with E-state index in [0.717, 1.165) is 13.1 Å². The highest BCUT2D eigenvalue weighted by Gasteiger charge is 2.07. The molecule has 3 nitrogen and oxygen atoms in total. The Morgan fingerprint density at radius 3 is 3.25 bits per heavy atom. The molecule has 1 heterocycles. The van der Waals surface area contributed by atoms with Crippen molar-refractivity contribution >= 4 is 0 Å². The lowest BCUT2D eigenvalue weighted by atomic mass is 10.5. The first-order valence-electron chi connectivity index (χ1n) is 3.43. The molecule has 0 radical (unpaired) electrons. The SMILES string of the molecule is [2H]C1NCCN1CCO. The molecule has 0 bridgehead atoms. The largest absolute Gasteiger partial charge is 0.395 e. The van der Waals surface area contributed by atoms with Crippen LogP contribution in [0, 0.1) is 0 Å². The Morgan fingerprint density at radius 1 is 1.88 bits per heavy atom. The third-order valence-electron chi connectivity index (χ3n) is 1.20. The summed E-state index contributed by atoms with van der Waals surface area (Å²) in [5.41, 5.74) is 0. The van der Waals surface area contributed by atoms with Crippen LogP contribution in [0.3, 0.4) is 0 Å². The van der Waals surface area contributed by atoms with E-state index in [1.807, 2.05) is 4.90 Å². The maximum Gasteiger partial charge on any atom is 0.0600 e. The number of nitrogens with zero attached hydrogens (tertiary/aromatic N) is 1. The zero-order valence-corrected chi connectivity index (χ0v) is 4.80. The van der Waals surface area contributed by atoms with E-state index in [1.165, 1.54) is 0 Å². The lowest BCUT2D eigenvalue weighted by Crippen LogP contribution is -2.25. The van der Waals surface area contributed by atoms with Gasteiger partial charge in [0.25, 0.3) is 0 Å². The third kappa shape index (κ3) is 1.43. The zero-order valence-electron chi connectivity index (χ0n) is 5.80. The number of nitrogens with one attached hydrogen (secondary N) is 1. The van der Waals surface area contributed by atoms with Gasteiger partial charge in [-0.2, -0.15) is 0 Å². The molecule has 0 saturated carbocycles. The number of aliphatic hydroxyl groups is 1. The number of β-amino-alcohol motifs (C(OH)–C–C–N with tert-alkyl or cyclic N) is 1. The van der Waals surface area contributed by atoms with Crippen molar-refractivity contribution in [1.29, 1.82) is 0 Å². The molecular formula is C5H12N2O. The first-order valence-corrected chi connectivity index (χ1v) is 2.85. The summed E-state index contributed by atoms with van der Waals surface area (Å²) in [6.07, 6.45) is 0. The second-order valence-corrected chi connectivity index (χ2v) is 1.84. The molecule has 0 aliphatic carbocycles. The van der Waals surface area contributed by atoms with E-state index in [4.69, 9.17) is 6.48 Å². The number of hydrogen-bond acceptors (Lipinski definition) is 3. The molecule has 1 fully saturated rings. The molecule has 1 rings (SSSR count). The number of rotatable bonds is 2. The normalized spacial score (nSPS) is 33.1. The van der Waals surface area contributed by atoms with Crippen molar-refractivity contribution in [3.63, 3.8) is 0 Å². The standard InChI is InChI=1S/C5H12N2O/c8-4-3-7-2-1-6-5-7/h6,8H,1-5H2/i5D. The maximum atomic E-state index is 8.49. The van der Waals surface area contributed by atoms with Crippen LogP contribution in [0.25, 0.3) is 0 Å². The molecule has 3 heteroatoms. The summed E-state index contributed by atoms with van der Waals surface area (Å²) in [7, 11) is 0. The highest BCUT2D eigenvalue weighted by atomic mass is 16.3. The molecule has 48 valence electrons. The molecule has 1 atom stereocenters. The third-order valence-corrected chi connectivity index (χ3v) is 1.20. The summed E-state index contributed by atoms with van der Waals surface area (Å²) in [6, 6.07) is 0. The van der Waals surface area contributed by atoms with Crippen molar-refractivity contribution in [2.45, 2.75) is 0 Å². The Morgan fingerprint density at radius 2 is 2.75 bits per heavy atom. The monoisotopic (exact) mass is 117 g/mol. The molecule has 0 amide bonds. The quantitative estimate of drug-likeness (QED) is 0.479. The first kappa shape index (κ1) is 4.73. The van der Waals surface area contributed by atoms with Gasteiger partial charge in [0.15, 0.2) is 0 Å². The van der Waals surface area contributed by atoms with Crippen LogP contribution in [0.4, 0.5) is 0 Å². The van der Waals surface area contributed by atoms with Gasteiger partial charge in [0.1, 0.15) is 0 Å². The summed E-state index contributed by atoms with van der Waals surface area (Å²) in [5, 5.41) is 11.4. The summed E-state index contributed by atoms with van der Waals surface area (Å²) in [6.45, 7) is 2.22. The van der Waals surface area contributed by atoms with Gasteiger partial charge in [-0.1, -0.05) is 0 Å². The van der Waals surface area contributed by atoms with Crippen molar-refractivity contribution < 1.29 is 6.48 Å². The van der Waals surface area contributed by atoms with Crippen LogP contribution in [0.15, 0.2) is 0 Å². The van der Waals surface area contributed by atoms with E-state index in [-0.39, 0.29) is 13.3 Å². The molecule has 1 unspecified atom stereocenters. The second kappa shape index (κ2) is 3.02. The van der Waals surface area contributed by atoms with Crippen molar-refractivity contribution in [1.82, 2.24) is 10.2 Å². The topological polar surface area (TPSA) is 35.5 Å². The van der Waals surface area contributed by atoms with Gasteiger partial charge in [0, 0.05) is 26.3 Å². The fourth-order valence-corrected chi connectivity index (χ4v) is 0.771. The second-order valence-electron chi connectivity index (χ2n) is 1.84. The van der Waals surface area contributed by atoms with Gasteiger partial charge < -0.3 is 10.4 Å². The summed E-state index contributed by atoms with van der Waals surface area (Å²) >= 11 is 0. The summed E-state index contributed by atoms with van der Waals surface area (Å²) < 4.78 is 7.30. The molecule has 0 spiro atoms. The number of hydrogen-bond donors (Lipinski definition) is 2. The Balaban J connectivity index is 2.22. The van der Waals surface area contributed by atoms with E-state index in [2.05, 4.69) is 5.32 Å². The minimum atomic E-state index is -0.294. The van der Waals surface area contributed by atoms with Gasteiger partial charge in [-0.3, -0.25) is 4.90 Å². The predicted molar refractivity (Wildman–Crippen MR) is 31.5 cm³/mol. The smallest absolute Gasteiger partial charge is 0.0600 e. The van der Waals surface area contributed by atoms with Crippen LogP contribution in [-0.2, 0) is 0 Å². The maximum absolute atomic E-state index is 8.49. The lowest BCUT2D eigenvalue weighted by molar-refractivity contribution is 0.220. The highest BCUT2D eigenvalue weighted by molar-refractivity contribution is 4.64. The van der Waals surface area contributed by atoms with Gasteiger partial charge in [0.2, 0.25) is 0 Å². The Hall–Kier alpha value is -0.120. The van der Waals surface area contributed by atoms with Crippen LogP contribution >= 0.6 is 0 Å². The van der Waals surface area contributed by atoms with E-state index in [1.54, 1.807) is 0 Å². The van der Waals surface area contributed by atoms with Crippen molar-refractivity contribution in [3.05, 3.63) is 0 Å². The van der Waals surface area contributed by atoms with Crippen LogP contribution in [0.2, 0.25) is 0 Å². The van der Waals surface area contributed by atoms with Crippen molar-refractivity contribution in [3.8, 4) is 0 Å². The lowest BCUT2D eigenvalue weighted by Gasteiger charge is -2.09. The summed E-state index contributed by atoms with van der Waals surface area (Å²) in [5.74, 6) is 0. The molecule has 0 aromatic carbocycles. The molecule has 1 aliphatic heterocycles. The minimum absolute atomic E-state index is 0.150. The molecule has 8 heavy (non-hydrogen) atoms.